The van der Waals surface area contributed by atoms with Gasteiger partial charge in [0.15, 0.2) is 0 Å². The number of piperidine rings is 1. The van der Waals surface area contributed by atoms with Gasteiger partial charge in [-0.3, -0.25) is 4.90 Å². The van der Waals surface area contributed by atoms with Crippen molar-refractivity contribution in [1.29, 1.82) is 0 Å². The van der Waals surface area contributed by atoms with Gasteiger partial charge in [0.25, 0.3) is 0 Å². The highest BCUT2D eigenvalue weighted by Gasteiger charge is 2.35. The van der Waals surface area contributed by atoms with Gasteiger partial charge in [-0.1, -0.05) is 37.5 Å². The Hall–Kier alpha value is -0.930. The first-order valence-corrected chi connectivity index (χ1v) is 8.41. The maximum Gasteiger partial charge on any atom is 0.132 e. The van der Waals surface area contributed by atoms with E-state index in [1.165, 1.54) is 44.9 Å². The van der Waals surface area contributed by atoms with Crippen molar-refractivity contribution in [2.24, 2.45) is 11.1 Å². The summed E-state index contributed by atoms with van der Waals surface area (Å²) in [6, 6.07) is 5.61. The Morgan fingerprint density at radius 3 is 2.33 bits per heavy atom. The first kappa shape index (κ1) is 15.0. The van der Waals surface area contributed by atoms with Crippen molar-refractivity contribution in [2.75, 3.05) is 13.1 Å². The summed E-state index contributed by atoms with van der Waals surface area (Å²) < 4.78 is 14.3. The summed E-state index contributed by atoms with van der Waals surface area (Å²) in [4.78, 5) is 2.42. The minimum Gasteiger partial charge on any atom is -0.326 e. The predicted octanol–water partition coefficient (Wildman–Crippen LogP) is 3.83. The number of hydrogen-bond acceptors (Lipinski definition) is 2. The van der Waals surface area contributed by atoms with Gasteiger partial charge in [0.1, 0.15) is 5.82 Å². The van der Waals surface area contributed by atoms with Crippen LogP contribution in [0, 0.1) is 11.2 Å². The van der Waals surface area contributed by atoms with E-state index in [1.54, 1.807) is 6.07 Å². The molecule has 3 rings (SSSR count). The quantitative estimate of drug-likeness (QED) is 0.916. The second-order valence-corrected chi connectivity index (χ2v) is 6.93. The Morgan fingerprint density at radius 2 is 1.67 bits per heavy atom. The number of hydrogen-bond donors (Lipinski definition) is 1. The lowest BCUT2D eigenvalue weighted by Crippen LogP contribution is -2.40. The van der Waals surface area contributed by atoms with Gasteiger partial charge in [0, 0.05) is 24.2 Å². The van der Waals surface area contributed by atoms with Gasteiger partial charge in [-0.15, -0.1) is 0 Å². The van der Waals surface area contributed by atoms with Gasteiger partial charge in [0.2, 0.25) is 0 Å². The van der Waals surface area contributed by atoms with Crippen molar-refractivity contribution in [3.63, 3.8) is 0 Å². The lowest BCUT2D eigenvalue weighted by Gasteiger charge is -2.44. The molecule has 1 aliphatic heterocycles. The fraction of sp³-hybridized carbons (Fsp3) is 0.667. The van der Waals surface area contributed by atoms with Gasteiger partial charge >= 0.3 is 0 Å². The Labute approximate surface area is 127 Å². The molecule has 1 aliphatic carbocycles. The summed E-state index contributed by atoms with van der Waals surface area (Å²) in [6.45, 7) is 3.25. The second kappa shape index (κ2) is 6.45. The number of nitrogens with two attached hydrogens (primary N) is 1. The molecule has 2 fully saturated rings. The lowest BCUT2D eigenvalue weighted by molar-refractivity contribution is 0.0636. The molecule has 3 heteroatoms. The van der Waals surface area contributed by atoms with Gasteiger partial charge in [-0.2, -0.15) is 0 Å². The van der Waals surface area contributed by atoms with Gasteiger partial charge in [-0.25, -0.2) is 4.39 Å². The van der Waals surface area contributed by atoms with Crippen molar-refractivity contribution >= 4 is 0 Å². The molecule has 0 bridgehead atoms. The Bertz CT molecular complexity index is 470. The molecule has 2 nitrogen and oxygen atoms in total. The molecule has 1 heterocycles. The minimum absolute atomic E-state index is 0.0991. The minimum atomic E-state index is -0.0991. The number of halogens is 1. The molecule has 0 unspecified atom stereocenters. The second-order valence-electron chi connectivity index (χ2n) is 6.93. The molecule has 2 N–H and O–H groups in total. The maximum absolute atomic E-state index is 14.3. The smallest absolute Gasteiger partial charge is 0.132 e. The van der Waals surface area contributed by atoms with Crippen LogP contribution in [0.2, 0.25) is 0 Å². The van der Waals surface area contributed by atoms with Crippen LogP contribution in [0.15, 0.2) is 18.2 Å². The molecule has 1 saturated carbocycles. The monoisotopic (exact) mass is 290 g/mol. The molecule has 0 amide bonds. The van der Waals surface area contributed by atoms with Crippen LogP contribution >= 0.6 is 0 Å². The zero-order valence-electron chi connectivity index (χ0n) is 12.9. The molecule has 0 radical (unpaired) electrons. The number of benzene rings is 1. The van der Waals surface area contributed by atoms with Gasteiger partial charge in [-0.05, 0) is 44.2 Å². The number of likely N-dealkylation sites (tertiary alicyclic amines) is 1. The molecule has 21 heavy (non-hydrogen) atoms. The standard InChI is InChI=1S/C18H27FN2/c19-17-15(13-20)5-4-6-16(17)14-21-11-9-18(10-12-21)7-2-1-3-8-18/h4-6H,1-3,7-14,20H2. The van der Waals surface area contributed by atoms with Crippen LogP contribution in [0.25, 0.3) is 0 Å². The van der Waals surface area contributed by atoms with E-state index in [0.717, 1.165) is 25.2 Å². The summed E-state index contributed by atoms with van der Waals surface area (Å²) in [6.07, 6.45) is 9.66. The highest BCUT2D eigenvalue weighted by molar-refractivity contribution is 5.26. The van der Waals surface area contributed by atoms with Crippen molar-refractivity contribution in [1.82, 2.24) is 4.90 Å². The number of rotatable bonds is 3. The molecule has 116 valence electrons. The van der Waals surface area contributed by atoms with Crippen LogP contribution in [0.3, 0.4) is 0 Å². The largest absolute Gasteiger partial charge is 0.326 e. The van der Waals surface area contributed by atoms with E-state index < -0.39 is 0 Å². The van der Waals surface area contributed by atoms with E-state index in [1.807, 2.05) is 12.1 Å². The molecule has 1 aromatic carbocycles. The highest BCUT2D eigenvalue weighted by Crippen LogP contribution is 2.44. The molecule has 1 spiro atoms. The average Bonchev–Trinajstić information content (AvgIpc) is 2.53. The van der Waals surface area contributed by atoms with Crippen LogP contribution in [-0.2, 0) is 13.1 Å². The van der Waals surface area contributed by atoms with Crippen molar-refractivity contribution < 1.29 is 4.39 Å². The summed E-state index contributed by atoms with van der Waals surface area (Å²) in [5.41, 5.74) is 7.65. The highest BCUT2D eigenvalue weighted by atomic mass is 19.1. The van der Waals surface area contributed by atoms with Crippen LogP contribution in [-0.4, -0.2) is 18.0 Å². The van der Waals surface area contributed by atoms with Crippen molar-refractivity contribution in [3.05, 3.63) is 35.1 Å². The van der Waals surface area contributed by atoms with Gasteiger partial charge in [0.05, 0.1) is 0 Å². The first-order chi connectivity index (χ1) is 10.2. The average molecular weight is 290 g/mol. The van der Waals surface area contributed by atoms with Crippen LogP contribution < -0.4 is 5.73 Å². The zero-order valence-corrected chi connectivity index (χ0v) is 12.9. The molecule has 1 saturated heterocycles. The van der Waals surface area contributed by atoms with Gasteiger partial charge < -0.3 is 5.73 Å². The molecule has 0 aromatic heterocycles. The van der Waals surface area contributed by atoms with Crippen molar-refractivity contribution in [3.8, 4) is 0 Å². The van der Waals surface area contributed by atoms with E-state index in [4.69, 9.17) is 5.73 Å². The Balaban J connectivity index is 1.60. The van der Waals surface area contributed by atoms with E-state index in [0.29, 0.717) is 11.0 Å². The lowest BCUT2D eigenvalue weighted by atomic mass is 9.68. The number of nitrogens with zero attached hydrogens (tertiary/aromatic N) is 1. The van der Waals surface area contributed by atoms with Crippen molar-refractivity contribution in [2.45, 2.75) is 58.0 Å². The topological polar surface area (TPSA) is 29.3 Å². The third-order valence-corrected chi connectivity index (χ3v) is 5.60. The Kier molecular flexibility index (Phi) is 4.60. The van der Waals surface area contributed by atoms with E-state index >= 15 is 0 Å². The molecular weight excluding hydrogens is 263 g/mol. The molecule has 2 aliphatic rings. The SMILES string of the molecule is NCc1cccc(CN2CCC3(CCCCC3)CC2)c1F. The third kappa shape index (κ3) is 3.29. The first-order valence-electron chi connectivity index (χ1n) is 8.41. The molecule has 0 atom stereocenters. The fourth-order valence-corrected chi connectivity index (χ4v) is 4.14. The fourth-order valence-electron chi connectivity index (χ4n) is 4.14. The Morgan fingerprint density at radius 1 is 1.00 bits per heavy atom. The van der Waals surface area contributed by atoms with E-state index in [2.05, 4.69) is 4.90 Å². The third-order valence-electron chi connectivity index (χ3n) is 5.60. The summed E-state index contributed by atoms with van der Waals surface area (Å²) in [5, 5.41) is 0. The molecule has 1 aromatic rings. The van der Waals surface area contributed by atoms with Crippen LogP contribution in [0.5, 0.6) is 0 Å². The van der Waals surface area contributed by atoms with Crippen LogP contribution in [0.4, 0.5) is 4.39 Å². The normalized spacial score (nSPS) is 22.6. The summed E-state index contributed by atoms with van der Waals surface area (Å²) >= 11 is 0. The summed E-state index contributed by atoms with van der Waals surface area (Å²) in [5.74, 6) is -0.0991. The van der Waals surface area contributed by atoms with E-state index in [9.17, 15) is 4.39 Å². The van der Waals surface area contributed by atoms with E-state index in [-0.39, 0.29) is 12.4 Å². The zero-order chi connectivity index (χ0) is 14.7. The summed E-state index contributed by atoms with van der Waals surface area (Å²) in [7, 11) is 0. The maximum atomic E-state index is 14.3. The molecular formula is C18H27FN2. The van der Waals surface area contributed by atoms with Crippen LogP contribution in [0.1, 0.15) is 56.1 Å². The predicted molar refractivity (Wildman–Crippen MR) is 84.3 cm³/mol.